The van der Waals surface area contributed by atoms with Crippen molar-refractivity contribution in [3.8, 4) is 0 Å². The Labute approximate surface area is 113 Å². The fourth-order valence-corrected chi connectivity index (χ4v) is 3.34. The minimum Gasteiger partial charge on any atom is -1.00 e. The minimum absolute atomic E-state index is 0. The molecule has 2 aromatic rings. The van der Waals surface area contributed by atoms with Gasteiger partial charge in [0.1, 0.15) is 0 Å². The first-order chi connectivity index (χ1) is 8.34. The summed E-state index contributed by atoms with van der Waals surface area (Å²) in [6.45, 7) is 4.19. The maximum absolute atomic E-state index is 4.71. The Hall–Kier alpha value is -1.28. The number of rotatable bonds is 0. The summed E-state index contributed by atoms with van der Waals surface area (Å²) in [7, 11) is 0. The number of aryl methyl sites for hydroxylation is 2. The molecule has 0 amide bonds. The Bertz CT molecular complexity index is 652. The molecule has 4 rings (SSSR count). The molecule has 2 heterocycles. The van der Waals surface area contributed by atoms with Crippen molar-refractivity contribution in [3.05, 3.63) is 35.0 Å². The summed E-state index contributed by atoms with van der Waals surface area (Å²) >= 11 is 0. The topological polar surface area (TPSA) is 17.3 Å². The highest BCUT2D eigenvalue weighted by atomic mass is 35.5. The van der Waals surface area contributed by atoms with Crippen LogP contribution in [0.5, 0.6) is 0 Å². The van der Waals surface area contributed by atoms with Gasteiger partial charge in [-0.3, -0.25) is 4.99 Å². The zero-order valence-corrected chi connectivity index (χ0v) is 11.3. The molecule has 2 aliphatic rings. The summed E-state index contributed by atoms with van der Waals surface area (Å²) in [5.74, 6) is 0. The summed E-state index contributed by atoms with van der Waals surface area (Å²) in [5.41, 5.74) is 7.12. The summed E-state index contributed by atoms with van der Waals surface area (Å²) in [4.78, 5) is 4.71. The lowest BCUT2D eigenvalue weighted by molar-refractivity contribution is -0.00000348. The van der Waals surface area contributed by atoms with Crippen LogP contribution in [0.1, 0.15) is 29.7 Å². The average Bonchev–Trinajstić information content (AvgIpc) is 2.67. The standard InChI is InChI=1S/C15H16N2.ClH/c1-10-5-6-14-12(9-10)11-3-2-4-13-15(11)17(14)8-7-16-13;/h5-6,9H,2-4,7-8H2,1H3;1H/p-1. The Kier molecular flexibility index (Phi) is 2.70. The quantitative estimate of drug-likeness (QED) is 0.638. The third-order valence-electron chi connectivity index (χ3n) is 4.06. The molecule has 0 atom stereocenters. The van der Waals surface area contributed by atoms with E-state index in [1.807, 2.05) is 0 Å². The van der Waals surface area contributed by atoms with Crippen molar-refractivity contribution >= 4 is 16.6 Å². The first kappa shape index (κ1) is 11.8. The number of fused-ring (bicyclic) bond motifs is 3. The van der Waals surface area contributed by atoms with Gasteiger partial charge in [0.2, 0.25) is 0 Å². The first-order valence-corrected chi connectivity index (χ1v) is 6.50. The van der Waals surface area contributed by atoms with Crippen LogP contribution in [0.3, 0.4) is 0 Å². The molecular weight excluding hydrogens is 244 g/mol. The summed E-state index contributed by atoms with van der Waals surface area (Å²) < 4.78 is 2.49. The number of aliphatic imine (C=N–C) groups is 1. The molecule has 2 nitrogen and oxygen atoms in total. The highest BCUT2D eigenvalue weighted by Gasteiger charge is 2.26. The predicted molar refractivity (Wildman–Crippen MR) is 71.0 cm³/mol. The van der Waals surface area contributed by atoms with Crippen molar-refractivity contribution in [1.29, 1.82) is 0 Å². The van der Waals surface area contributed by atoms with E-state index in [0.717, 1.165) is 13.1 Å². The van der Waals surface area contributed by atoms with E-state index in [9.17, 15) is 0 Å². The van der Waals surface area contributed by atoms with E-state index in [1.54, 1.807) is 5.56 Å². The second kappa shape index (κ2) is 4.13. The number of hydrogen-bond acceptors (Lipinski definition) is 1. The van der Waals surface area contributed by atoms with Crippen molar-refractivity contribution in [3.63, 3.8) is 0 Å². The Balaban J connectivity index is 0.000001000. The number of aromatic nitrogens is 1. The molecule has 94 valence electrons. The number of halogens is 1. The molecular formula is C15H16ClN2-. The van der Waals surface area contributed by atoms with E-state index in [2.05, 4.69) is 29.7 Å². The van der Waals surface area contributed by atoms with Gasteiger partial charge in [0, 0.05) is 17.4 Å². The van der Waals surface area contributed by atoms with Gasteiger partial charge in [-0.1, -0.05) is 11.6 Å². The Morgan fingerprint density at radius 3 is 3.00 bits per heavy atom. The van der Waals surface area contributed by atoms with Gasteiger partial charge in [-0.2, -0.15) is 0 Å². The zero-order valence-electron chi connectivity index (χ0n) is 10.5. The summed E-state index contributed by atoms with van der Waals surface area (Å²) in [5, 5.41) is 1.47. The van der Waals surface area contributed by atoms with Gasteiger partial charge in [0.25, 0.3) is 0 Å². The van der Waals surface area contributed by atoms with Crippen LogP contribution in [0.25, 0.3) is 10.9 Å². The fourth-order valence-electron chi connectivity index (χ4n) is 3.34. The van der Waals surface area contributed by atoms with Crippen LogP contribution >= 0.6 is 0 Å². The molecule has 0 radical (unpaired) electrons. The molecule has 0 fully saturated rings. The van der Waals surface area contributed by atoms with Crippen molar-refractivity contribution in [2.45, 2.75) is 32.7 Å². The van der Waals surface area contributed by atoms with Crippen LogP contribution in [-0.4, -0.2) is 16.8 Å². The minimum atomic E-state index is 0. The maximum atomic E-state index is 4.71. The van der Waals surface area contributed by atoms with Crippen LogP contribution in [0, 0.1) is 6.92 Å². The van der Waals surface area contributed by atoms with E-state index in [0.29, 0.717) is 0 Å². The van der Waals surface area contributed by atoms with Crippen molar-refractivity contribution in [1.82, 2.24) is 4.57 Å². The Morgan fingerprint density at radius 1 is 1.22 bits per heavy atom. The largest absolute Gasteiger partial charge is 1.00 e. The summed E-state index contributed by atoms with van der Waals surface area (Å²) in [6, 6.07) is 6.85. The molecule has 1 aliphatic heterocycles. The average molecular weight is 260 g/mol. The lowest BCUT2D eigenvalue weighted by Gasteiger charge is -2.21. The van der Waals surface area contributed by atoms with Crippen LogP contribution < -0.4 is 12.4 Å². The smallest absolute Gasteiger partial charge is 0.0665 e. The summed E-state index contributed by atoms with van der Waals surface area (Å²) in [6.07, 6.45) is 3.66. The van der Waals surface area contributed by atoms with E-state index in [-0.39, 0.29) is 12.4 Å². The molecule has 0 saturated heterocycles. The molecule has 1 aliphatic carbocycles. The lowest BCUT2D eigenvalue weighted by Crippen LogP contribution is -3.00. The maximum Gasteiger partial charge on any atom is 0.0665 e. The lowest BCUT2D eigenvalue weighted by atomic mass is 9.93. The van der Waals surface area contributed by atoms with Crippen molar-refractivity contribution in [2.24, 2.45) is 4.99 Å². The van der Waals surface area contributed by atoms with Gasteiger partial charge in [-0.25, -0.2) is 0 Å². The van der Waals surface area contributed by atoms with E-state index in [1.165, 1.54) is 47.1 Å². The van der Waals surface area contributed by atoms with Crippen LogP contribution in [0.15, 0.2) is 23.2 Å². The molecule has 18 heavy (non-hydrogen) atoms. The molecule has 0 unspecified atom stereocenters. The van der Waals surface area contributed by atoms with E-state index >= 15 is 0 Å². The van der Waals surface area contributed by atoms with Gasteiger partial charge in [-0.15, -0.1) is 0 Å². The number of benzene rings is 1. The van der Waals surface area contributed by atoms with Crippen LogP contribution in [-0.2, 0) is 13.0 Å². The van der Waals surface area contributed by atoms with Gasteiger partial charge < -0.3 is 17.0 Å². The monoisotopic (exact) mass is 259 g/mol. The van der Waals surface area contributed by atoms with Gasteiger partial charge in [0.15, 0.2) is 0 Å². The van der Waals surface area contributed by atoms with E-state index < -0.39 is 0 Å². The molecule has 0 N–H and O–H groups in total. The molecule has 3 heteroatoms. The predicted octanol–water partition coefficient (Wildman–Crippen LogP) is 0.0927. The first-order valence-electron chi connectivity index (χ1n) is 6.50. The van der Waals surface area contributed by atoms with Crippen LogP contribution in [0.4, 0.5) is 0 Å². The van der Waals surface area contributed by atoms with Gasteiger partial charge in [-0.05, 0) is 43.9 Å². The second-order valence-electron chi connectivity index (χ2n) is 5.18. The second-order valence-corrected chi connectivity index (χ2v) is 5.18. The number of hydrogen-bond donors (Lipinski definition) is 0. The van der Waals surface area contributed by atoms with Crippen LogP contribution in [0.2, 0.25) is 0 Å². The molecule has 0 saturated carbocycles. The van der Waals surface area contributed by atoms with Crippen molar-refractivity contribution < 1.29 is 12.4 Å². The van der Waals surface area contributed by atoms with Gasteiger partial charge in [0.05, 0.1) is 18.0 Å². The third kappa shape index (κ3) is 1.45. The molecule has 0 bridgehead atoms. The Morgan fingerprint density at radius 2 is 2.11 bits per heavy atom. The fraction of sp³-hybridized carbons (Fsp3) is 0.400. The normalized spacial score (nSPS) is 17.1. The highest BCUT2D eigenvalue weighted by Crippen LogP contribution is 2.34. The zero-order chi connectivity index (χ0) is 11.4. The third-order valence-corrected chi connectivity index (χ3v) is 4.06. The molecule has 0 spiro atoms. The SMILES string of the molecule is Cc1ccc2c(c1)c1c3n2CCN=C3CCC1.[Cl-]. The van der Waals surface area contributed by atoms with E-state index in [4.69, 9.17) is 4.99 Å². The molecule has 1 aromatic heterocycles. The number of nitrogens with zero attached hydrogens (tertiary/aromatic N) is 2. The van der Waals surface area contributed by atoms with Crippen molar-refractivity contribution in [2.75, 3.05) is 6.54 Å². The van der Waals surface area contributed by atoms with Gasteiger partial charge >= 0.3 is 0 Å². The molecule has 1 aromatic carbocycles. The highest BCUT2D eigenvalue weighted by molar-refractivity contribution is 6.07.